The number of ether oxygens (including phenoxy) is 2. The minimum atomic E-state index is -0.676. The van der Waals surface area contributed by atoms with E-state index >= 15 is 0 Å². The summed E-state index contributed by atoms with van der Waals surface area (Å²) < 4.78 is 12.9. The van der Waals surface area contributed by atoms with Gasteiger partial charge in [0.05, 0.1) is 19.0 Å². The lowest BCUT2D eigenvalue weighted by Gasteiger charge is -2.20. The molecular weight excluding hydrogens is 318 g/mol. The number of methoxy groups -OCH3 is 1. The number of rotatable bonds is 5. The molecule has 6 nitrogen and oxygen atoms in total. The van der Waals surface area contributed by atoms with Gasteiger partial charge >= 0.3 is 5.97 Å². The molecule has 0 aliphatic carbocycles. The molecule has 128 valence electrons. The van der Waals surface area contributed by atoms with E-state index < -0.39 is 12.1 Å². The minimum Gasteiger partial charge on any atom is -0.496 e. The largest absolute Gasteiger partial charge is 0.496 e. The van der Waals surface area contributed by atoms with Crippen molar-refractivity contribution < 1.29 is 14.3 Å². The van der Waals surface area contributed by atoms with Crippen LogP contribution >= 0.6 is 0 Å². The highest BCUT2D eigenvalue weighted by atomic mass is 16.5. The van der Waals surface area contributed by atoms with Crippen molar-refractivity contribution in [2.24, 2.45) is 7.05 Å². The number of carbonyl (C=O) groups excluding carboxylic acids is 1. The van der Waals surface area contributed by atoms with E-state index in [9.17, 15) is 4.79 Å². The summed E-state index contributed by atoms with van der Waals surface area (Å²) in [6, 6.07) is 12.9. The first-order valence-corrected chi connectivity index (χ1v) is 7.85. The number of benzene rings is 1. The maximum absolute atomic E-state index is 12.7. The zero-order valence-corrected chi connectivity index (χ0v) is 14.3. The van der Waals surface area contributed by atoms with Gasteiger partial charge in [0.2, 0.25) is 0 Å². The Balaban J connectivity index is 2.00. The number of hydrogen-bond donors (Lipinski definition) is 0. The monoisotopic (exact) mass is 337 g/mol. The minimum absolute atomic E-state index is 0.429. The highest BCUT2D eigenvalue weighted by molar-refractivity contribution is 5.90. The molecular formula is C19H19N3O3. The molecule has 0 aliphatic rings. The zero-order chi connectivity index (χ0) is 17.8. The second-order valence-corrected chi connectivity index (χ2v) is 5.55. The molecule has 25 heavy (non-hydrogen) atoms. The number of para-hydroxylation sites is 1. The average molecular weight is 337 g/mol. The number of aromatic nitrogens is 3. The fourth-order valence-corrected chi connectivity index (χ4v) is 2.57. The smallest absolute Gasteiger partial charge is 0.342 e. The Labute approximate surface area is 146 Å². The topological polar surface area (TPSA) is 66.2 Å². The van der Waals surface area contributed by atoms with Gasteiger partial charge in [-0.1, -0.05) is 24.3 Å². The third kappa shape index (κ3) is 3.38. The first-order chi connectivity index (χ1) is 12.1. The molecule has 1 atom stereocenters. The van der Waals surface area contributed by atoms with E-state index in [0.717, 1.165) is 11.3 Å². The SMILES string of the molecule is COc1ccccc1[C@@H](OC(=O)c1cnn(C)c1C)c1ccccn1. The summed E-state index contributed by atoms with van der Waals surface area (Å²) in [5.74, 6) is 0.182. The van der Waals surface area contributed by atoms with Gasteiger partial charge in [-0.05, 0) is 25.1 Å². The number of hydrogen-bond acceptors (Lipinski definition) is 5. The fraction of sp³-hybridized carbons (Fsp3) is 0.211. The van der Waals surface area contributed by atoms with Crippen molar-refractivity contribution in [2.45, 2.75) is 13.0 Å². The zero-order valence-electron chi connectivity index (χ0n) is 14.3. The Morgan fingerprint density at radius 3 is 2.56 bits per heavy atom. The first-order valence-electron chi connectivity index (χ1n) is 7.85. The van der Waals surface area contributed by atoms with E-state index in [1.165, 1.54) is 6.20 Å². The van der Waals surface area contributed by atoms with Crippen LogP contribution in [0.2, 0.25) is 0 Å². The number of pyridine rings is 1. The molecule has 3 rings (SSSR count). The number of aryl methyl sites for hydroxylation is 1. The summed E-state index contributed by atoms with van der Waals surface area (Å²) in [6.45, 7) is 1.82. The Morgan fingerprint density at radius 1 is 1.16 bits per heavy atom. The maximum Gasteiger partial charge on any atom is 0.342 e. The molecule has 0 N–H and O–H groups in total. The van der Waals surface area contributed by atoms with E-state index in [1.807, 2.05) is 49.4 Å². The second-order valence-electron chi connectivity index (χ2n) is 5.55. The fourth-order valence-electron chi connectivity index (χ4n) is 2.57. The Kier molecular flexibility index (Phi) is 4.79. The van der Waals surface area contributed by atoms with E-state index in [1.54, 1.807) is 25.0 Å². The van der Waals surface area contributed by atoms with Crippen LogP contribution in [0.15, 0.2) is 54.9 Å². The van der Waals surface area contributed by atoms with Gasteiger partial charge < -0.3 is 9.47 Å². The molecule has 0 amide bonds. The van der Waals surface area contributed by atoms with Crippen LogP contribution in [0.4, 0.5) is 0 Å². The van der Waals surface area contributed by atoms with Crippen molar-refractivity contribution in [1.29, 1.82) is 0 Å². The molecule has 0 aliphatic heterocycles. The Hall–Kier alpha value is -3.15. The summed E-state index contributed by atoms with van der Waals surface area (Å²) in [4.78, 5) is 17.0. The third-order valence-corrected chi connectivity index (χ3v) is 4.06. The van der Waals surface area contributed by atoms with Crippen LogP contribution in [-0.2, 0) is 11.8 Å². The lowest BCUT2D eigenvalue weighted by molar-refractivity contribution is 0.0366. The lowest BCUT2D eigenvalue weighted by atomic mass is 10.0. The maximum atomic E-state index is 12.7. The van der Waals surface area contributed by atoms with E-state index in [4.69, 9.17) is 9.47 Å². The van der Waals surface area contributed by atoms with E-state index in [-0.39, 0.29) is 0 Å². The molecule has 1 aromatic carbocycles. The highest BCUT2D eigenvalue weighted by Crippen LogP contribution is 2.32. The van der Waals surface area contributed by atoms with Crippen LogP contribution in [0.3, 0.4) is 0 Å². The van der Waals surface area contributed by atoms with Gasteiger partial charge in [-0.25, -0.2) is 4.79 Å². The van der Waals surface area contributed by atoms with E-state index in [2.05, 4.69) is 10.1 Å². The molecule has 3 aromatic rings. The van der Waals surface area contributed by atoms with E-state index in [0.29, 0.717) is 17.0 Å². The van der Waals surface area contributed by atoms with Crippen molar-refractivity contribution in [1.82, 2.24) is 14.8 Å². The van der Waals surface area contributed by atoms with Crippen LogP contribution in [0.25, 0.3) is 0 Å². The van der Waals surface area contributed by atoms with Crippen LogP contribution in [0.5, 0.6) is 5.75 Å². The number of nitrogens with zero attached hydrogens (tertiary/aromatic N) is 3. The van der Waals surface area contributed by atoms with Crippen molar-refractivity contribution >= 4 is 5.97 Å². The second kappa shape index (κ2) is 7.17. The van der Waals surface area contributed by atoms with Gasteiger partial charge in [-0.2, -0.15) is 5.10 Å². The summed E-state index contributed by atoms with van der Waals surface area (Å²) in [6.07, 6.45) is 2.50. The quantitative estimate of drug-likeness (QED) is 0.669. The van der Waals surface area contributed by atoms with Crippen molar-refractivity contribution in [3.8, 4) is 5.75 Å². The van der Waals surface area contributed by atoms with Gasteiger partial charge in [0, 0.05) is 24.5 Å². The molecule has 0 unspecified atom stereocenters. The van der Waals surface area contributed by atoms with Crippen LogP contribution in [0.1, 0.15) is 33.4 Å². The molecule has 0 radical (unpaired) electrons. The first kappa shape index (κ1) is 16.7. The standard InChI is InChI=1S/C19H19N3O3/c1-13-15(12-21-22(13)2)19(23)25-18(16-9-6-7-11-20-16)14-8-4-5-10-17(14)24-3/h4-12,18H,1-3H3/t18-/m1/s1. The molecule has 0 saturated carbocycles. The number of carbonyl (C=O) groups is 1. The third-order valence-electron chi connectivity index (χ3n) is 4.06. The van der Waals surface area contributed by atoms with Gasteiger partial charge in [-0.3, -0.25) is 9.67 Å². The molecule has 2 heterocycles. The van der Waals surface area contributed by atoms with Gasteiger partial charge in [0.1, 0.15) is 11.3 Å². The summed E-state index contributed by atoms with van der Waals surface area (Å²) in [7, 11) is 3.37. The Bertz CT molecular complexity index is 875. The van der Waals surface area contributed by atoms with Crippen molar-refractivity contribution in [3.05, 3.63) is 77.4 Å². The molecule has 0 fully saturated rings. The van der Waals surface area contributed by atoms with Gasteiger partial charge in [0.15, 0.2) is 6.10 Å². The van der Waals surface area contributed by atoms with Crippen molar-refractivity contribution in [2.75, 3.05) is 7.11 Å². The van der Waals surface area contributed by atoms with Gasteiger partial charge in [0.25, 0.3) is 0 Å². The average Bonchev–Trinajstić information content (AvgIpc) is 2.99. The summed E-state index contributed by atoms with van der Waals surface area (Å²) in [5.41, 5.74) is 2.53. The Morgan fingerprint density at radius 2 is 1.92 bits per heavy atom. The highest BCUT2D eigenvalue weighted by Gasteiger charge is 2.25. The molecule has 6 heteroatoms. The van der Waals surface area contributed by atoms with Gasteiger partial charge in [-0.15, -0.1) is 0 Å². The van der Waals surface area contributed by atoms with Crippen molar-refractivity contribution in [3.63, 3.8) is 0 Å². The molecule has 2 aromatic heterocycles. The van der Waals surface area contributed by atoms with Crippen LogP contribution in [0, 0.1) is 6.92 Å². The summed E-state index contributed by atoms with van der Waals surface area (Å²) in [5, 5.41) is 4.10. The van der Waals surface area contributed by atoms with Crippen LogP contribution < -0.4 is 4.74 Å². The molecule has 0 saturated heterocycles. The molecule has 0 spiro atoms. The molecule has 0 bridgehead atoms. The predicted octanol–water partition coefficient (Wildman–Crippen LogP) is 3.08. The predicted molar refractivity (Wildman–Crippen MR) is 92.4 cm³/mol. The summed E-state index contributed by atoms with van der Waals surface area (Å²) >= 11 is 0. The van der Waals surface area contributed by atoms with Crippen LogP contribution in [-0.4, -0.2) is 27.8 Å². The lowest BCUT2D eigenvalue weighted by Crippen LogP contribution is -2.15. The number of esters is 1. The normalized spacial score (nSPS) is 11.8.